The van der Waals surface area contributed by atoms with Crippen LogP contribution in [0.2, 0.25) is 0 Å². The van der Waals surface area contributed by atoms with Gasteiger partial charge in [0.15, 0.2) is 5.82 Å². The Hall–Kier alpha value is -4.53. The van der Waals surface area contributed by atoms with Gasteiger partial charge in [0, 0.05) is 49.6 Å². The lowest BCUT2D eigenvalue weighted by Crippen LogP contribution is -2.31. The van der Waals surface area contributed by atoms with E-state index in [1.54, 1.807) is 41.6 Å². The first kappa shape index (κ1) is 21.3. The largest absolute Gasteiger partial charge is 0.378 e. The molecule has 2 N–H and O–H groups in total. The van der Waals surface area contributed by atoms with Crippen molar-refractivity contribution in [3.8, 4) is 11.4 Å². The second-order valence-electron chi connectivity index (χ2n) is 8.19. The Labute approximate surface area is 197 Å². The molecule has 4 aromatic rings. The number of rotatable bonds is 5. The minimum Gasteiger partial charge on any atom is -0.378 e. The summed E-state index contributed by atoms with van der Waals surface area (Å²) in [6, 6.07) is 14.9. The van der Waals surface area contributed by atoms with Gasteiger partial charge < -0.3 is 15.5 Å². The Bertz CT molecular complexity index is 1340. The molecule has 1 aliphatic rings. The van der Waals surface area contributed by atoms with E-state index < -0.39 is 6.04 Å². The molecule has 0 spiro atoms. The number of benzene rings is 1. The van der Waals surface area contributed by atoms with E-state index in [9.17, 15) is 4.79 Å². The van der Waals surface area contributed by atoms with Crippen LogP contribution in [0.3, 0.4) is 0 Å². The molecule has 0 fully saturated rings. The lowest BCUT2D eigenvalue weighted by atomic mass is 9.96. The van der Waals surface area contributed by atoms with Gasteiger partial charge in [-0.05, 0) is 61.0 Å². The van der Waals surface area contributed by atoms with Crippen LogP contribution in [0.15, 0.2) is 84.6 Å². The van der Waals surface area contributed by atoms with Crippen molar-refractivity contribution < 1.29 is 4.79 Å². The van der Waals surface area contributed by atoms with Gasteiger partial charge in [0.2, 0.25) is 5.95 Å². The average Bonchev–Trinajstić information content (AvgIpc) is 3.28. The number of aromatic nitrogens is 5. The molecule has 9 heteroatoms. The lowest BCUT2D eigenvalue weighted by molar-refractivity contribution is -0.113. The fourth-order valence-corrected chi connectivity index (χ4v) is 3.97. The molecule has 9 nitrogen and oxygen atoms in total. The molecule has 5 rings (SSSR count). The third-order valence-corrected chi connectivity index (χ3v) is 5.68. The van der Waals surface area contributed by atoms with Crippen LogP contribution in [0.1, 0.15) is 18.5 Å². The van der Waals surface area contributed by atoms with Gasteiger partial charge in [0.1, 0.15) is 6.04 Å². The summed E-state index contributed by atoms with van der Waals surface area (Å²) in [5.74, 6) is 0.912. The van der Waals surface area contributed by atoms with E-state index in [1.165, 1.54) is 0 Å². The normalized spacial score (nSPS) is 14.9. The summed E-state index contributed by atoms with van der Waals surface area (Å²) in [6.07, 6.45) is 6.69. The van der Waals surface area contributed by atoms with Crippen LogP contribution in [0, 0.1) is 0 Å². The summed E-state index contributed by atoms with van der Waals surface area (Å²) < 4.78 is 1.76. The van der Waals surface area contributed by atoms with E-state index in [0.717, 1.165) is 16.8 Å². The highest BCUT2D eigenvalue weighted by Crippen LogP contribution is 2.36. The summed E-state index contributed by atoms with van der Waals surface area (Å²) in [4.78, 5) is 28.4. The van der Waals surface area contributed by atoms with E-state index in [0.29, 0.717) is 28.7 Å². The number of hydrogen-bond acceptors (Lipinski definition) is 7. The average molecular weight is 453 g/mol. The Kier molecular flexibility index (Phi) is 5.51. The minimum atomic E-state index is -0.474. The number of amides is 1. The van der Waals surface area contributed by atoms with Crippen molar-refractivity contribution in [1.82, 2.24) is 24.7 Å². The zero-order valence-electron chi connectivity index (χ0n) is 19.1. The standard InChI is InChI=1S/C25H24N8O/c1-16-21(24(34)29-19-5-4-12-27-15-19)22(17-10-13-26-14-11-17)33-25(28-16)30-23(31-33)18-6-8-20(9-7-18)32(2)3/h4-15,22H,1-3H3,(H,29,34)(H,28,30,31). The third-order valence-electron chi connectivity index (χ3n) is 5.68. The molecular formula is C25H24N8O. The number of allylic oxidation sites excluding steroid dienone is 1. The third kappa shape index (κ3) is 3.99. The number of carbonyl (C=O) groups is 1. The molecule has 0 bridgehead atoms. The summed E-state index contributed by atoms with van der Waals surface area (Å²) in [5.41, 5.74) is 4.73. The molecule has 0 saturated carbocycles. The molecule has 3 aromatic heterocycles. The zero-order valence-corrected chi connectivity index (χ0v) is 19.1. The highest BCUT2D eigenvalue weighted by Gasteiger charge is 2.34. The Morgan fingerprint density at radius 1 is 1.03 bits per heavy atom. The molecule has 0 radical (unpaired) electrons. The van der Waals surface area contributed by atoms with Crippen molar-refractivity contribution in [3.05, 3.63) is 90.2 Å². The second kappa shape index (κ2) is 8.78. The highest BCUT2D eigenvalue weighted by molar-refractivity contribution is 6.05. The summed E-state index contributed by atoms with van der Waals surface area (Å²) in [6.45, 7) is 1.87. The van der Waals surface area contributed by atoms with E-state index in [1.807, 2.05) is 62.3 Å². The number of nitrogens with zero attached hydrogens (tertiary/aromatic N) is 6. The maximum atomic E-state index is 13.4. The van der Waals surface area contributed by atoms with Crippen LogP contribution in [-0.4, -0.2) is 44.7 Å². The van der Waals surface area contributed by atoms with Crippen LogP contribution < -0.4 is 15.5 Å². The first-order valence-corrected chi connectivity index (χ1v) is 10.8. The van der Waals surface area contributed by atoms with Crippen LogP contribution in [0.25, 0.3) is 11.4 Å². The molecule has 4 heterocycles. The molecule has 1 atom stereocenters. The van der Waals surface area contributed by atoms with Crippen molar-refractivity contribution in [2.24, 2.45) is 0 Å². The fourth-order valence-electron chi connectivity index (χ4n) is 3.97. The van der Waals surface area contributed by atoms with Gasteiger partial charge in [0.25, 0.3) is 5.91 Å². The maximum Gasteiger partial charge on any atom is 0.255 e. The smallest absolute Gasteiger partial charge is 0.255 e. The number of carbonyl (C=O) groups excluding carboxylic acids is 1. The molecule has 0 saturated heterocycles. The van der Waals surface area contributed by atoms with Gasteiger partial charge in [-0.3, -0.25) is 14.8 Å². The number of anilines is 3. The van der Waals surface area contributed by atoms with Crippen molar-refractivity contribution in [2.45, 2.75) is 13.0 Å². The Balaban J connectivity index is 1.56. The van der Waals surface area contributed by atoms with Crippen molar-refractivity contribution in [1.29, 1.82) is 0 Å². The van der Waals surface area contributed by atoms with E-state index in [4.69, 9.17) is 10.1 Å². The first-order chi connectivity index (χ1) is 16.5. The summed E-state index contributed by atoms with van der Waals surface area (Å²) in [7, 11) is 4.00. The van der Waals surface area contributed by atoms with Crippen LogP contribution in [-0.2, 0) is 4.79 Å². The summed E-state index contributed by atoms with van der Waals surface area (Å²) in [5, 5.41) is 11.0. The fraction of sp³-hybridized carbons (Fsp3) is 0.160. The molecular weight excluding hydrogens is 428 g/mol. The number of fused-ring (bicyclic) bond motifs is 1. The van der Waals surface area contributed by atoms with Gasteiger partial charge in [-0.2, -0.15) is 4.98 Å². The highest BCUT2D eigenvalue weighted by atomic mass is 16.1. The SMILES string of the molecule is CC1=C(C(=O)Nc2cccnc2)C(c2ccncc2)n2nc(-c3ccc(N(C)C)cc3)nc2N1. The van der Waals surface area contributed by atoms with Gasteiger partial charge >= 0.3 is 0 Å². The molecule has 0 aliphatic carbocycles. The Morgan fingerprint density at radius 3 is 2.47 bits per heavy atom. The number of hydrogen-bond donors (Lipinski definition) is 2. The molecule has 1 amide bonds. The van der Waals surface area contributed by atoms with E-state index >= 15 is 0 Å². The number of nitrogens with one attached hydrogen (secondary N) is 2. The molecule has 170 valence electrons. The minimum absolute atomic E-state index is 0.238. The van der Waals surface area contributed by atoms with Gasteiger partial charge in [-0.15, -0.1) is 5.10 Å². The lowest BCUT2D eigenvalue weighted by Gasteiger charge is -2.28. The van der Waals surface area contributed by atoms with Crippen LogP contribution >= 0.6 is 0 Å². The molecule has 1 unspecified atom stereocenters. The first-order valence-electron chi connectivity index (χ1n) is 10.8. The van der Waals surface area contributed by atoms with Crippen molar-refractivity contribution in [2.75, 3.05) is 29.6 Å². The number of pyridine rings is 2. The van der Waals surface area contributed by atoms with Crippen molar-refractivity contribution in [3.63, 3.8) is 0 Å². The monoisotopic (exact) mass is 452 g/mol. The van der Waals surface area contributed by atoms with Crippen molar-refractivity contribution >= 4 is 23.2 Å². The van der Waals surface area contributed by atoms with Gasteiger partial charge in [0.05, 0.1) is 17.5 Å². The van der Waals surface area contributed by atoms with Gasteiger partial charge in [-0.25, -0.2) is 4.68 Å². The predicted molar refractivity (Wildman–Crippen MR) is 131 cm³/mol. The Morgan fingerprint density at radius 2 is 1.79 bits per heavy atom. The van der Waals surface area contributed by atoms with Crippen LogP contribution in [0.4, 0.5) is 17.3 Å². The topological polar surface area (TPSA) is 101 Å². The van der Waals surface area contributed by atoms with Gasteiger partial charge in [-0.1, -0.05) is 0 Å². The maximum absolute atomic E-state index is 13.4. The molecule has 1 aromatic carbocycles. The molecule has 1 aliphatic heterocycles. The quantitative estimate of drug-likeness (QED) is 0.476. The van der Waals surface area contributed by atoms with E-state index in [2.05, 4.69) is 20.6 Å². The van der Waals surface area contributed by atoms with E-state index in [-0.39, 0.29) is 5.91 Å². The predicted octanol–water partition coefficient (Wildman–Crippen LogP) is 3.73. The van der Waals surface area contributed by atoms with Crippen LogP contribution in [0.5, 0.6) is 0 Å². The molecule has 34 heavy (non-hydrogen) atoms. The second-order valence-corrected chi connectivity index (χ2v) is 8.19. The zero-order chi connectivity index (χ0) is 23.7. The summed E-state index contributed by atoms with van der Waals surface area (Å²) >= 11 is 0.